The molecule has 0 saturated carbocycles. The molecule has 0 aliphatic rings. The van der Waals surface area contributed by atoms with Crippen molar-refractivity contribution >= 4 is 22.4 Å². The zero-order valence-electron chi connectivity index (χ0n) is 10.3. The summed E-state index contributed by atoms with van der Waals surface area (Å²) in [5.41, 5.74) is 7.46. The molecule has 0 heterocycles. The molecule has 0 fully saturated rings. The summed E-state index contributed by atoms with van der Waals surface area (Å²) in [6.07, 6.45) is 0.992. The van der Waals surface area contributed by atoms with Crippen LogP contribution >= 0.6 is 11.6 Å². The van der Waals surface area contributed by atoms with Gasteiger partial charge in [-0.15, -0.1) is 0 Å². The van der Waals surface area contributed by atoms with E-state index >= 15 is 0 Å². The second kappa shape index (κ2) is 5.07. The van der Waals surface area contributed by atoms with Crippen LogP contribution in [0.1, 0.15) is 31.9 Å². The van der Waals surface area contributed by atoms with Crippen molar-refractivity contribution in [2.24, 2.45) is 11.7 Å². The van der Waals surface area contributed by atoms with Crippen molar-refractivity contribution in [3.05, 3.63) is 47.0 Å². The minimum absolute atomic E-state index is 0.0807. The first-order valence-electron chi connectivity index (χ1n) is 6.02. The SMILES string of the molecule is CC(C)CC(N)c1ccc(Cl)c2ccccc12. The maximum absolute atomic E-state index is 6.27. The number of hydrogen-bond donors (Lipinski definition) is 1. The van der Waals surface area contributed by atoms with E-state index in [-0.39, 0.29) is 6.04 Å². The van der Waals surface area contributed by atoms with E-state index in [4.69, 9.17) is 17.3 Å². The first kappa shape index (κ1) is 12.4. The van der Waals surface area contributed by atoms with Crippen molar-refractivity contribution in [1.82, 2.24) is 0 Å². The molecule has 1 atom stereocenters. The zero-order valence-corrected chi connectivity index (χ0v) is 11.0. The van der Waals surface area contributed by atoms with Crippen LogP contribution in [0.3, 0.4) is 0 Å². The molecule has 0 radical (unpaired) electrons. The van der Waals surface area contributed by atoms with Gasteiger partial charge in [0.05, 0.1) is 0 Å². The highest BCUT2D eigenvalue weighted by molar-refractivity contribution is 6.35. The van der Waals surface area contributed by atoms with Crippen molar-refractivity contribution in [3.63, 3.8) is 0 Å². The summed E-state index contributed by atoms with van der Waals surface area (Å²) >= 11 is 6.20. The van der Waals surface area contributed by atoms with E-state index in [0.717, 1.165) is 16.8 Å². The molecule has 0 bridgehead atoms. The Kier molecular flexibility index (Phi) is 3.70. The minimum Gasteiger partial charge on any atom is -0.324 e. The van der Waals surface area contributed by atoms with Crippen LogP contribution in [0.15, 0.2) is 36.4 Å². The summed E-state index contributed by atoms with van der Waals surface area (Å²) in [6, 6.07) is 12.3. The largest absolute Gasteiger partial charge is 0.324 e. The normalized spacial score (nSPS) is 13.2. The standard InChI is InChI=1S/C15H18ClN/c1-10(2)9-15(17)13-7-8-14(16)12-6-4-3-5-11(12)13/h3-8,10,15H,9,17H2,1-2H3. The van der Waals surface area contributed by atoms with Crippen LogP contribution in [0.2, 0.25) is 5.02 Å². The van der Waals surface area contributed by atoms with Crippen molar-refractivity contribution in [3.8, 4) is 0 Å². The summed E-state index contributed by atoms with van der Waals surface area (Å²) in [5.74, 6) is 0.597. The summed E-state index contributed by atoms with van der Waals surface area (Å²) in [7, 11) is 0. The number of fused-ring (bicyclic) bond motifs is 1. The number of benzene rings is 2. The monoisotopic (exact) mass is 247 g/mol. The summed E-state index contributed by atoms with van der Waals surface area (Å²) in [5, 5.41) is 3.06. The molecular weight excluding hydrogens is 230 g/mol. The van der Waals surface area contributed by atoms with Gasteiger partial charge in [0.15, 0.2) is 0 Å². The lowest BCUT2D eigenvalue weighted by atomic mass is 9.93. The van der Waals surface area contributed by atoms with Crippen LogP contribution in [0.4, 0.5) is 0 Å². The van der Waals surface area contributed by atoms with E-state index in [1.807, 2.05) is 24.3 Å². The average molecular weight is 248 g/mol. The molecular formula is C15H18ClN. The van der Waals surface area contributed by atoms with Crippen LogP contribution in [0.5, 0.6) is 0 Å². The molecule has 0 aromatic heterocycles. The van der Waals surface area contributed by atoms with Crippen LogP contribution in [0, 0.1) is 5.92 Å². The molecule has 2 N–H and O–H groups in total. The van der Waals surface area contributed by atoms with Crippen LogP contribution in [-0.2, 0) is 0 Å². The van der Waals surface area contributed by atoms with Crippen molar-refractivity contribution in [1.29, 1.82) is 0 Å². The Morgan fingerprint density at radius 2 is 1.71 bits per heavy atom. The first-order valence-corrected chi connectivity index (χ1v) is 6.40. The molecule has 17 heavy (non-hydrogen) atoms. The van der Waals surface area contributed by atoms with E-state index in [1.165, 1.54) is 10.9 Å². The Labute approximate surface area is 108 Å². The number of rotatable bonds is 3. The lowest BCUT2D eigenvalue weighted by molar-refractivity contribution is 0.512. The molecule has 1 unspecified atom stereocenters. The van der Waals surface area contributed by atoms with E-state index in [1.54, 1.807) is 0 Å². The number of hydrogen-bond acceptors (Lipinski definition) is 1. The Hall–Kier alpha value is -1.05. The summed E-state index contributed by atoms with van der Waals surface area (Å²) in [6.45, 7) is 4.38. The molecule has 0 amide bonds. The third-order valence-corrected chi connectivity index (χ3v) is 3.36. The van der Waals surface area contributed by atoms with Gasteiger partial charge in [0.25, 0.3) is 0 Å². The van der Waals surface area contributed by atoms with E-state index in [0.29, 0.717) is 5.92 Å². The third kappa shape index (κ3) is 2.62. The predicted molar refractivity (Wildman–Crippen MR) is 75.3 cm³/mol. The van der Waals surface area contributed by atoms with Gasteiger partial charge in [-0.25, -0.2) is 0 Å². The zero-order chi connectivity index (χ0) is 12.4. The Bertz CT molecular complexity index is 519. The Morgan fingerprint density at radius 3 is 2.35 bits per heavy atom. The van der Waals surface area contributed by atoms with E-state index in [2.05, 4.69) is 26.0 Å². The van der Waals surface area contributed by atoms with Crippen LogP contribution in [0.25, 0.3) is 10.8 Å². The highest BCUT2D eigenvalue weighted by Gasteiger charge is 2.12. The quantitative estimate of drug-likeness (QED) is 0.847. The van der Waals surface area contributed by atoms with Gasteiger partial charge in [-0.05, 0) is 29.4 Å². The fraction of sp³-hybridized carbons (Fsp3) is 0.333. The fourth-order valence-corrected chi connectivity index (χ4v) is 2.47. The molecule has 2 aromatic rings. The lowest BCUT2D eigenvalue weighted by Gasteiger charge is -2.17. The summed E-state index contributed by atoms with van der Waals surface area (Å²) < 4.78 is 0. The first-order chi connectivity index (χ1) is 8.09. The minimum atomic E-state index is 0.0807. The van der Waals surface area contributed by atoms with Crippen LogP contribution in [-0.4, -0.2) is 0 Å². The molecule has 2 aromatic carbocycles. The van der Waals surface area contributed by atoms with Gasteiger partial charge >= 0.3 is 0 Å². The Morgan fingerprint density at radius 1 is 1.06 bits per heavy atom. The van der Waals surface area contributed by atoms with Gasteiger partial charge in [-0.2, -0.15) is 0 Å². The second-order valence-electron chi connectivity index (χ2n) is 4.92. The third-order valence-electron chi connectivity index (χ3n) is 3.03. The predicted octanol–water partition coefficient (Wildman–Crippen LogP) is 4.54. The number of nitrogens with two attached hydrogens (primary N) is 1. The molecule has 0 saturated heterocycles. The van der Waals surface area contributed by atoms with Gasteiger partial charge in [0.2, 0.25) is 0 Å². The topological polar surface area (TPSA) is 26.0 Å². The fourth-order valence-electron chi connectivity index (χ4n) is 2.24. The van der Waals surface area contributed by atoms with Gasteiger partial charge in [-0.1, -0.05) is 55.8 Å². The van der Waals surface area contributed by atoms with E-state index < -0.39 is 0 Å². The molecule has 0 spiro atoms. The smallest absolute Gasteiger partial charge is 0.0484 e. The van der Waals surface area contributed by atoms with Gasteiger partial charge in [0, 0.05) is 16.5 Å². The lowest BCUT2D eigenvalue weighted by Crippen LogP contribution is -2.13. The molecule has 0 aliphatic heterocycles. The maximum Gasteiger partial charge on any atom is 0.0484 e. The average Bonchev–Trinajstić information content (AvgIpc) is 2.29. The summed E-state index contributed by atoms with van der Waals surface area (Å²) in [4.78, 5) is 0. The maximum atomic E-state index is 6.27. The van der Waals surface area contributed by atoms with Crippen molar-refractivity contribution < 1.29 is 0 Å². The van der Waals surface area contributed by atoms with Crippen molar-refractivity contribution in [2.75, 3.05) is 0 Å². The molecule has 90 valence electrons. The van der Waals surface area contributed by atoms with Crippen molar-refractivity contribution in [2.45, 2.75) is 26.3 Å². The van der Waals surface area contributed by atoms with Crippen LogP contribution < -0.4 is 5.73 Å². The van der Waals surface area contributed by atoms with E-state index in [9.17, 15) is 0 Å². The van der Waals surface area contributed by atoms with Gasteiger partial charge in [0.1, 0.15) is 0 Å². The molecule has 1 nitrogen and oxygen atoms in total. The number of halogens is 1. The Balaban J connectivity index is 2.51. The van der Waals surface area contributed by atoms with Gasteiger partial charge in [-0.3, -0.25) is 0 Å². The second-order valence-corrected chi connectivity index (χ2v) is 5.33. The highest BCUT2D eigenvalue weighted by Crippen LogP contribution is 2.31. The molecule has 0 aliphatic carbocycles. The van der Waals surface area contributed by atoms with Gasteiger partial charge < -0.3 is 5.73 Å². The molecule has 2 rings (SSSR count). The molecule has 2 heteroatoms. The highest BCUT2D eigenvalue weighted by atomic mass is 35.5.